The zero-order chi connectivity index (χ0) is 11.7. The summed E-state index contributed by atoms with van der Waals surface area (Å²) in [5.41, 5.74) is 5.72. The monoisotopic (exact) mass is 225 g/mol. The fourth-order valence-electron chi connectivity index (χ4n) is 2.56. The third-order valence-electron chi connectivity index (χ3n) is 4.06. The molecule has 2 N–H and O–H groups in total. The van der Waals surface area contributed by atoms with Crippen LogP contribution in [0.3, 0.4) is 0 Å². The van der Waals surface area contributed by atoms with E-state index < -0.39 is 0 Å². The lowest BCUT2D eigenvalue weighted by Crippen LogP contribution is -2.46. The quantitative estimate of drug-likeness (QED) is 0.750. The first-order chi connectivity index (χ1) is 7.63. The molecule has 2 fully saturated rings. The molecule has 1 aliphatic carbocycles. The third kappa shape index (κ3) is 2.38. The van der Waals surface area contributed by atoms with Crippen LogP contribution < -0.4 is 5.73 Å². The molecule has 92 valence electrons. The molecule has 0 radical (unpaired) electrons. The lowest BCUT2D eigenvalue weighted by Gasteiger charge is -2.36. The highest BCUT2D eigenvalue weighted by Gasteiger charge is 2.42. The minimum Gasteiger partial charge on any atom is -0.342 e. The first kappa shape index (κ1) is 11.9. The Morgan fingerprint density at radius 3 is 2.44 bits per heavy atom. The summed E-state index contributed by atoms with van der Waals surface area (Å²) < 4.78 is 0. The first-order valence-corrected chi connectivity index (χ1v) is 6.38. The van der Waals surface area contributed by atoms with Crippen molar-refractivity contribution in [3.05, 3.63) is 0 Å². The summed E-state index contributed by atoms with van der Waals surface area (Å²) in [6.07, 6.45) is 3.10. The maximum absolute atomic E-state index is 12.0. The second-order valence-corrected chi connectivity index (χ2v) is 5.12. The topological polar surface area (TPSA) is 49.6 Å². The standard InChI is InChI=1S/C12H23N3O/c1-3-15-6-4-9(5-7-15)14(2)12(16)10-8-11(10)13/h9-11H,3-8,13H2,1-2H3. The first-order valence-electron chi connectivity index (χ1n) is 6.38. The van der Waals surface area contributed by atoms with Crippen molar-refractivity contribution in [1.82, 2.24) is 9.80 Å². The van der Waals surface area contributed by atoms with E-state index in [-0.39, 0.29) is 17.9 Å². The van der Waals surface area contributed by atoms with Gasteiger partial charge in [0.2, 0.25) is 5.91 Å². The van der Waals surface area contributed by atoms with Crippen molar-refractivity contribution in [2.75, 3.05) is 26.7 Å². The number of carbonyl (C=O) groups excluding carboxylic acids is 1. The molecule has 2 rings (SSSR count). The highest BCUT2D eigenvalue weighted by molar-refractivity contribution is 5.82. The molecule has 1 heterocycles. The summed E-state index contributed by atoms with van der Waals surface area (Å²) in [7, 11) is 1.94. The number of hydrogen-bond donors (Lipinski definition) is 1. The van der Waals surface area contributed by atoms with Crippen LogP contribution in [0.2, 0.25) is 0 Å². The maximum Gasteiger partial charge on any atom is 0.227 e. The minimum atomic E-state index is 0.120. The number of carbonyl (C=O) groups is 1. The van der Waals surface area contributed by atoms with Crippen molar-refractivity contribution in [3.63, 3.8) is 0 Å². The van der Waals surface area contributed by atoms with Gasteiger partial charge in [-0.15, -0.1) is 0 Å². The normalized spacial score (nSPS) is 31.4. The molecule has 16 heavy (non-hydrogen) atoms. The summed E-state index contributed by atoms with van der Waals surface area (Å²) in [6.45, 7) is 5.56. The second-order valence-electron chi connectivity index (χ2n) is 5.12. The van der Waals surface area contributed by atoms with Gasteiger partial charge in [-0.2, -0.15) is 0 Å². The van der Waals surface area contributed by atoms with Crippen LogP contribution in [0.15, 0.2) is 0 Å². The number of amides is 1. The molecule has 1 saturated carbocycles. The SMILES string of the molecule is CCN1CCC(N(C)C(=O)C2CC2N)CC1. The predicted octanol–water partition coefficient (Wildman–Crippen LogP) is 0.276. The van der Waals surface area contributed by atoms with Crippen molar-refractivity contribution < 1.29 is 4.79 Å². The Labute approximate surface area is 97.8 Å². The molecular formula is C12H23N3O. The van der Waals surface area contributed by atoms with Crippen molar-refractivity contribution in [3.8, 4) is 0 Å². The Hall–Kier alpha value is -0.610. The molecule has 0 aromatic carbocycles. The average molecular weight is 225 g/mol. The van der Waals surface area contributed by atoms with Crippen LogP contribution in [0.25, 0.3) is 0 Å². The summed E-state index contributed by atoms with van der Waals surface area (Å²) in [5.74, 6) is 0.386. The molecule has 0 aromatic heterocycles. The van der Waals surface area contributed by atoms with Gasteiger partial charge in [-0.3, -0.25) is 4.79 Å². The number of nitrogens with zero attached hydrogens (tertiary/aromatic N) is 2. The fourth-order valence-corrected chi connectivity index (χ4v) is 2.56. The second kappa shape index (κ2) is 4.72. The molecular weight excluding hydrogens is 202 g/mol. The molecule has 0 spiro atoms. The van der Waals surface area contributed by atoms with Crippen LogP contribution in [-0.2, 0) is 4.79 Å². The van der Waals surface area contributed by atoms with Crippen molar-refractivity contribution in [1.29, 1.82) is 0 Å². The number of piperidine rings is 1. The molecule has 4 heteroatoms. The predicted molar refractivity (Wildman–Crippen MR) is 64.0 cm³/mol. The lowest BCUT2D eigenvalue weighted by molar-refractivity contribution is -0.134. The molecule has 2 unspecified atom stereocenters. The highest BCUT2D eigenvalue weighted by Crippen LogP contribution is 2.31. The Kier molecular flexibility index (Phi) is 3.50. The molecule has 1 saturated heterocycles. The van der Waals surface area contributed by atoms with Gasteiger partial charge in [-0.05, 0) is 25.8 Å². The Morgan fingerprint density at radius 2 is 2.00 bits per heavy atom. The molecule has 4 nitrogen and oxygen atoms in total. The number of nitrogens with two attached hydrogens (primary N) is 1. The van der Waals surface area contributed by atoms with Crippen LogP contribution >= 0.6 is 0 Å². The number of rotatable bonds is 3. The molecule has 0 aromatic rings. The third-order valence-corrected chi connectivity index (χ3v) is 4.06. The summed E-state index contributed by atoms with van der Waals surface area (Å²) in [4.78, 5) is 16.4. The van der Waals surface area contributed by atoms with E-state index in [4.69, 9.17) is 5.73 Å². The lowest BCUT2D eigenvalue weighted by atomic mass is 10.0. The van der Waals surface area contributed by atoms with Gasteiger partial charge in [-0.25, -0.2) is 0 Å². The van der Waals surface area contributed by atoms with Crippen LogP contribution in [0, 0.1) is 5.92 Å². The zero-order valence-electron chi connectivity index (χ0n) is 10.4. The minimum absolute atomic E-state index is 0.120. The molecule has 1 amide bonds. The summed E-state index contributed by atoms with van der Waals surface area (Å²) in [5, 5.41) is 0. The van der Waals surface area contributed by atoms with Crippen LogP contribution in [0.4, 0.5) is 0 Å². The van der Waals surface area contributed by atoms with Crippen LogP contribution in [-0.4, -0.2) is 54.5 Å². The Bertz CT molecular complexity index is 261. The largest absolute Gasteiger partial charge is 0.342 e. The van der Waals surface area contributed by atoms with Gasteiger partial charge in [0, 0.05) is 32.2 Å². The number of likely N-dealkylation sites (tertiary alicyclic amines) is 1. The van der Waals surface area contributed by atoms with E-state index in [0.717, 1.165) is 38.9 Å². The van der Waals surface area contributed by atoms with E-state index in [1.807, 2.05) is 11.9 Å². The van der Waals surface area contributed by atoms with E-state index in [2.05, 4.69) is 11.8 Å². The summed E-state index contributed by atoms with van der Waals surface area (Å²) in [6, 6.07) is 0.564. The Morgan fingerprint density at radius 1 is 1.44 bits per heavy atom. The maximum atomic E-state index is 12.0. The van der Waals surface area contributed by atoms with Crippen molar-refractivity contribution in [2.45, 2.75) is 38.3 Å². The summed E-state index contributed by atoms with van der Waals surface area (Å²) >= 11 is 0. The van der Waals surface area contributed by atoms with Gasteiger partial charge in [-0.1, -0.05) is 6.92 Å². The average Bonchev–Trinajstić information content (AvgIpc) is 3.04. The van der Waals surface area contributed by atoms with Gasteiger partial charge in [0.05, 0.1) is 5.92 Å². The zero-order valence-corrected chi connectivity index (χ0v) is 10.4. The van der Waals surface area contributed by atoms with Gasteiger partial charge in [0.1, 0.15) is 0 Å². The van der Waals surface area contributed by atoms with E-state index >= 15 is 0 Å². The molecule has 1 aliphatic heterocycles. The van der Waals surface area contributed by atoms with Gasteiger partial charge in [0.15, 0.2) is 0 Å². The van der Waals surface area contributed by atoms with Crippen molar-refractivity contribution in [2.24, 2.45) is 11.7 Å². The van der Waals surface area contributed by atoms with Gasteiger partial charge in [0.25, 0.3) is 0 Å². The van der Waals surface area contributed by atoms with Gasteiger partial charge >= 0.3 is 0 Å². The van der Waals surface area contributed by atoms with Crippen LogP contribution in [0.1, 0.15) is 26.2 Å². The Balaban J connectivity index is 1.82. The van der Waals surface area contributed by atoms with Crippen LogP contribution in [0.5, 0.6) is 0 Å². The molecule has 2 aliphatic rings. The molecule has 0 bridgehead atoms. The smallest absolute Gasteiger partial charge is 0.227 e. The van der Waals surface area contributed by atoms with Gasteiger partial charge < -0.3 is 15.5 Å². The molecule has 2 atom stereocenters. The van der Waals surface area contributed by atoms with E-state index in [1.54, 1.807) is 0 Å². The van der Waals surface area contributed by atoms with E-state index in [0.29, 0.717) is 6.04 Å². The fraction of sp³-hybridized carbons (Fsp3) is 0.917. The highest BCUT2D eigenvalue weighted by atomic mass is 16.2. The van der Waals surface area contributed by atoms with E-state index in [1.165, 1.54) is 0 Å². The number of hydrogen-bond acceptors (Lipinski definition) is 3. The van der Waals surface area contributed by atoms with Crippen molar-refractivity contribution >= 4 is 5.91 Å². The van der Waals surface area contributed by atoms with E-state index in [9.17, 15) is 4.79 Å².